The molecule has 94 valence electrons. The highest BCUT2D eigenvalue weighted by molar-refractivity contribution is 7.84. The van der Waals surface area contributed by atoms with Gasteiger partial charge in [-0.3, -0.25) is 8.89 Å². The molecule has 0 aliphatic carbocycles. The zero-order valence-corrected chi connectivity index (χ0v) is 12.0. The Bertz CT molecular complexity index is 637. The van der Waals surface area contributed by atoms with Crippen LogP contribution < -0.4 is 0 Å². The lowest BCUT2D eigenvalue weighted by Gasteiger charge is -2.10. The first kappa shape index (κ1) is 12.5. The molecule has 1 N–H and O–H groups in total. The number of aromatic amines is 1. The summed E-state index contributed by atoms with van der Waals surface area (Å²) in [5, 5.41) is 4.41. The van der Waals surface area contributed by atoms with Gasteiger partial charge in [-0.05, 0) is 26.1 Å². The fraction of sp³-hybridized carbons (Fsp3) is 0.600. The van der Waals surface area contributed by atoms with E-state index in [1.165, 1.54) is 0 Å². The summed E-state index contributed by atoms with van der Waals surface area (Å²) >= 11 is 5.30. The Morgan fingerprint density at radius 1 is 1.59 bits per heavy atom. The van der Waals surface area contributed by atoms with E-state index in [2.05, 4.69) is 10.1 Å². The Morgan fingerprint density at radius 3 is 2.82 bits per heavy atom. The maximum absolute atomic E-state index is 11.4. The van der Waals surface area contributed by atoms with Crippen LogP contribution in [0.15, 0.2) is 0 Å². The van der Waals surface area contributed by atoms with Gasteiger partial charge in [0.25, 0.3) is 0 Å². The number of nitrogens with zero attached hydrogens (tertiary/aromatic N) is 3. The van der Waals surface area contributed by atoms with Crippen molar-refractivity contribution in [3.8, 4) is 0 Å². The third-order valence-corrected chi connectivity index (χ3v) is 4.54. The lowest BCUT2D eigenvalue weighted by molar-refractivity contribution is 0.633. The number of aromatic nitrogens is 4. The highest BCUT2D eigenvalue weighted by Gasteiger charge is 2.15. The van der Waals surface area contributed by atoms with Gasteiger partial charge < -0.3 is 9.55 Å². The van der Waals surface area contributed by atoms with Gasteiger partial charge in [-0.2, -0.15) is 5.10 Å². The van der Waals surface area contributed by atoms with Crippen LogP contribution in [-0.4, -0.2) is 35.0 Å². The van der Waals surface area contributed by atoms with Gasteiger partial charge in [-0.15, -0.1) is 0 Å². The van der Waals surface area contributed by atoms with Gasteiger partial charge in [0.2, 0.25) is 0 Å². The monoisotopic (exact) mass is 272 g/mol. The van der Waals surface area contributed by atoms with E-state index in [0.29, 0.717) is 11.3 Å². The zero-order valence-electron chi connectivity index (χ0n) is 10.4. The van der Waals surface area contributed by atoms with E-state index >= 15 is 0 Å². The molecule has 2 aromatic rings. The van der Waals surface area contributed by atoms with Crippen molar-refractivity contribution in [3.05, 3.63) is 10.5 Å². The molecule has 0 spiro atoms. The van der Waals surface area contributed by atoms with Crippen molar-refractivity contribution in [3.63, 3.8) is 0 Å². The molecule has 0 bridgehead atoms. The van der Waals surface area contributed by atoms with Crippen LogP contribution in [0.5, 0.6) is 0 Å². The smallest absolute Gasteiger partial charge is 0.179 e. The summed E-state index contributed by atoms with van der Waals surface area (Å²) in [5.74, 6) is 0. The minimum absolute atomic E-state index is 0.0657. The van der Waals surface area contributed by atoms with Gasteiger partial charge in [-0.25, -0.2) is 0 Å². The molecule has 5 nitrogen and oxygen atoms in total. The molecule has 0 saturated heterocycles. The third kappa shape index (κ3) is 2.09. The number of nitrogens with one attached hydrogen (secondary N) is 1. The number of rotatable bonds is 3. The van der Waals surface area contributed by atoms with Crippen molar-refractivity contribution in [2.45, 2.75) is 25.6 Å². The van der Waals surface area contributed by atoms with Crippen molar-refractivity contribution in [2.24, 2.45) is 7.05 Å². The Balaban J connectivity index is 2.57. The summed E-state index contributed by atoms with van der Waals surface area (Å²) < 4.78 is 15.9. The number of imidazole rings is 1. The lowest BCUT2D eigenvalue weighted by Crippen LogP contribution is -2.18. The normalized spacial score (nSPS) is 15.3. The first-order valence-electron chi connectivity index (χ1n) is 5.36. The molecule has 17 heavy (non-hydrogen) atoms. The summed E-state index contributed by atoms with van der Waals surface area (Å²) in [6, 6.07) is 0. The number of H-pyrrole nitrogens is 1. The standard InChI is InChI=1S/C10H16N4OS2/c1-6(17(4)15)5-14-9-8(11-10(14)16)7(2)12-13(9)3/h6H,5H2,1-4H3,(H,11,16). The molecule has 0 radical (unpaired) electrons. The van der Waals surface area contributed by atoms with E-state index in [1.54, 1.807) is 6.26 Å². The van der Waals surface area contributed by atoms with Gasteiger partial charge in [0.1, 0.15) is 5.52 Å². The molecule has 0 amide bonds. The van der Waals surface area contributed by atoms with Crippen LogP contribution in [0.1, 0.15) is 12.6 Å². The maximum atomic E-state index is 11.4. The van der Waals surface area contributed by atoms with Crippen molar-refractivity contribution in [1.29, 1.82) is 0 Å². The second kappa shape index (κ2) is 4.38. The van der Waals surface area contributed by atoms with E-state index in [9.17, 15) is 4.21 Å². The van der Waals surface area contributed by atoms with Crippen LogP contribution in [0.3, 0.4) is 0 Å². The second-order valence-electron chi connectivity index (χ2n) is 4.26. The first-order chi connectivity index (χ1) is 7.91. The van der Waals surface area contributed by atoms with Crippen LogP contribution in [0, 0.1) is 11.7 Å². The molecule has 2 rings (SSSR count). The van der Waals surface area contributed by atoms with Crippen LogP contribution in [-0.2, 0) is 24.4 Å². The molecule has 0 aliphatic heterocycles. The Labute approximate surface area is 107 Å². The highest BCUT2D eigenvalue weighted by Crippen LogP contribution is 2.17. The molecule has 2 atom stereocenters. The van der Waals surface area contributed by atoms with Gasteiger partial charge in [0.05, 0.1) is 5.69 Å². The van der Waals surface area contributed by atoms with E-state index in [4.69, 9.17) is 12.2 Å². The summed E-state index contributed by atoms with van der Waals surface area (Å²) in [7, 11) is 1.03. The van der Waals surface area contributed by atoms with Crippen molar-refractivity contribution in [2.75, 3.05) is 6.26 Å². The molecule has 7 heteroatoms. The van der Waals surface area contributed by atoms with Gasteiger partial charge >= 0.3 is 0 Å². The molecule has 0 aliphatic rings. The van der Waals surface area contributed by atoms with Crippen molar-refractivity contribution >= 4 is 34.2 Å². The predicted molar refractivity (Wildman–Crippen MR) is 72.2 cm³/mol. The zero-order chi connectivity index (χ0) is 12.7. The fourth-order valence-corrected chi connectivity index (χ4v) is 2.53. The number of fused-ring (bicyclic) bond motifs is 1. The molecular formula is C10H16N4OS2. The topological polar surface area (TPSA) is 55.6 Å². The summed E-state index contributed by atoms with van der Waals surface area (Å²) in [5.41, 5.74) is 2.86. The molecule has 2 heterocycles. The molecule has 2 unspecified atom stereocenters. The number of hydrogen-bond donors (Lipinski definition) is 1. The molecule has 2 aromatic heterocycles. The first-order valence-corrected chi connectivity index (χ1v) is 7.39. The largest absolute Gasteiger partial charge is 0.328 e. The van der Waals surface area contributed by atoms with Crippen LogP contribution in [0.4, 0.5) is 0 Å². The molecule has 0 saturated carbocycles. The van der Waals surface area contributed by atoms with E-state index < -0.39 is 10.8 Å². The minimum Gasteiger partial charge on any atom is -0.328 e. The Morgan fingerprint density at radius 2 is 2.24 bits per heavy atom. The van der Waals surface area contributed by atoms with E-state index in [-0.39, 0.29) is 5.25 Å². The summed E-state index contributed by atoms with van der Waals surface area (Å²) in [6.45, 7) is 4.54. The lowest BCUT2D eigenvalue weighted by atomic mass is 10.4. The minimum atomic E-state index is -0.857. The van der Waals surface area contributed by atoms with Gasteiger partial charge in [0, 0.05) is 35.9 Å². The summed E-state index contributed by atoms with van der Waals surface area (Å²) in [4.78, 5) is 3.16. The summed E-state index contributed by atoms with van der Waals surface area (Å²) in [6.07, 6.45) is 1.71. The average Bonchev–Trinajstić information content (AvgIpc) is 2.68. The number of aryl methyl sites for hydroxylation is 2. The predicted octanol–water partition coefficient (Wildman–Crippen LogP) is 1.51. The molecule has 0 fully saturated rings. The maximum Gasteiger partial charge on any atom is 0.179 e. The second-order valence-corrected chi connectivity index (χ2v) is 6.45. The van der Waals surface area contributed by atoms with Crippen LogP contribution >= 0.6 is 12.2 Å². The van der Waals surface area contributed by atoms with E-state index in [0.717, 1.165) is 16.9 Å². The fourth-order valence-electron chi connectivity index (χ4n) is 1.90. The van der Waals surface area contributed by atoms with Crippen molar-refractivity contribution < 1.29 is 4.21 Å². The SMILES string of the molecule is Cc1nn(C)c2c1[nH]c(=S)n2CC(C)S(C)=O. The van der Waals surface area contributed by atoms with E-state index in [1.807, 2.05) is 30.1 Å². The molecule has 0 aromatic carbocycles. The Hall–Kier alpha value is -0.950. The van der Waals surface area contributed by atoms with Crippen molar-refractivity contribution in [1.82, 2.24) is 19.3 Å². The average molecular weight is 272 g/mol. The number of hydrogen-bond acceptors (Lipinski definition) is 3. The van der Waals surface area contributed by atoms with Crippen LogP contribution in [0.2, 0.25) is 0 Å². The third-order valence-electron chi connectivity index (χ3n) is 2.93. The molecular weight excluding hydrogens is 256 g/mol. The highest BCUT2D eigenvalue weighted by atomic mass is 32.2. The Kier molecular flexibility index (Phi) is 3.22. The quantitative estimate of drug-likeness (QED) is 0.862. The van der Waals surface area contributed by atoms with Gasteiger partial charge in [0.15, 0.2) is 10.4 Å². The van der Waals surface area contributed by atoms with Gasteiger partial charge in [-0.1, -0.05) is 0 Å². The van der Waals surface area contributed by atoms with Crippen LogP contribution in [0.25, 0.3) is 11.2 Å².